The van der Waals surface area contributed by atoms with Crippen LogP contribution in [0.3, 0.4) is 0 Å². The van der Waals surface area contributed by atoms with Crippen LogP contribution in [0.4, 0.5) is 0 Å². The molecule has 3 aromatic rings. The van der Waals surface area contributed by atoms with E-state index in [-0.39, 0.29) is 5.75 Å². The number of phenolic OH excluding ortho intramolecular Hbond substituents is 1. The van der Waals surface area contributed by atoms with Crippen LogP contribution in [0.2, 0.25) is 0 Å². The van der Waals surface area contributed by atoms with Gasteiger partial charge >= 0.3 is 0 Å². The standard InChI is InChI=1S/C18H16O3/c1-20-16-4-3-5-17(21-2)18(16)14-7-6-13-11-15(19)9-8-12(13)10-14/h3-11,19H,1-2H3. The van der Waals surface area contributed by atoms with Crippen LogP contribution in [-0.4, -0.2) is 19.3 Å². The predicted molar refractivity (Wildman–Crippen MR) is 84.2 cm³/mol. The molecule has 3 heteroatoms. The molecule has 1 N–H and O–H groups in total. The molecule has 0 aliphatic rings. The van der Waals surface area contributed by atoms with E-state index in [0.29, 0.717) is 0 Å². The Morgan fingerprint density at radius 2 is 1.38 bits per heavy atom. The minimum absolute atomic E-state index is 0.269. The fourth-order valence-corrected chi connectivity index (χ4v) is 2.52. The van der Waals surface area contributed by atoms with Gasteiger partial charge in [-0.05, 0) is 46.7 Å². The fraction of sp³-hybridized carbons (Fsp3) is 0.111. The molecule has 0 atom stereocenters. The summed E-state index contributed by atoms with van der Waals surface area (Å²) in [5.74, 6) is 1.81. The molecule has 21 heavy (non-hydrogen) atoms. The third-order valence-corrected chi connectivity index (χ3v) is 3.54. The van der Waals surface area contributed by atoms with Crippen LogP contribution in [0.15, 0.2) is 54.6 Å². The Morgan fingerprint density at radius 3 is 2.05 bits per heavy atom. The van der Waals surface area contributed by atoms with Crippen LogP contribution in [0, 0.1) is 0 Å². The van der Waals surface area contributed by atoms with Gasteiger partial charge in [-0.2, -0.15) is 0 Å². The van der Waals surface area contributed by atoms with Crippen molar-refractivity contribution in [2.75, 3.05) is 14.2 Å². The Kier molecular flexibility index (Phi) is 3.40. The summed E-state index contributed by atoms with van der Waals surface area (Å²) in [7, 11) is 3.30. The first-order chi connectivity index (χ1) is 10.2. The third kappa shape index (κ3) is 2.38. The van der Waals surface area contributed by atoms with E-state index in [1.54, 1.807) is 26.4 Å². The molecule has 0 aromatic heterocycles. The van der Waals surface area contributed by atoms with E-state index in [0.717, 1.165) is 33.4 Å². The zero-order valence-electron chi connectivity index (χ0n) is 12.0. The summed E-state index contributed by atoms with van der Waals surface area (Å²) in [6.07, 6.45) is 0. The third-order valence-electron chi connectivity index (χ3n) is 3.54. The second-order valence-corrected chi connectivity index (χ2v) is 4.78. The molecule has 0 unspecified atom stereocenters. The van der Waals surface area contributed by atoms with Crippen molar-refractivity contribution in [1.29, 1.82) is 0 Å². The topological polar surface area (TPSA) is 38.7 Å². The van der Waals surface area contributed by atoms with Gasteiger partial charge in [0.25, 0.3) is 0 Å². The minimum Gasteiger partial charge on any atom is -0.508 e. The summed E-state index contributed by atoms with van der Waals surface area (Å²) >= 11 is 0. The van der Waals surface area contributed by atoms with Crippen LogP contribution < -0.4 is 9.47 Å². The van der Waals surface area contributed by atoms with Gasteiger partial charge in [-0.1, -0.05) is 24.3 Å². The van der Waals surface area contributed by atoms with Gasteiger partial charge in [0.1, 0.15) is 17.2 Å². The van der Waals surface area contributed by atoms with Gasteiger partial charge in [-0.3, -0.25) is 0 Å². The van der Waals surface area contributed by atoms with Gasteiger partial charge < -0.3 is 14.6 Å². The summed E-state index contributed by atoms with van der Waals surface area (Å²) in [5, 5.41) is 11.6. The molecule has 0 amide bonds. The van der Waals surface area contributed by atoms with E-state index in [1.165, 1.54) is 0 Å². The number of hydrogen-bond acceptors (Lipinski definition) is 3. The number of fused-ring (bicyclic) bond motifs is 1. The number of aromatic hydroxyl groups is 1. The minimum atomic E-state index is 0.269. The lowest BCUT2D eigenvalue weighted by Crippen LogP contribution is -1.92. The number of ether oxygens (including phenoxy) is 2. The van der Waals surface area contributed by atoms with Gasteiger partial charge in [-0.25, -0.2) is 0 Å². The Morgan fingerprint density at radius 1 is 0.762 bits per heavy atom. The van der Waals surface area contributed by atoms with Gasteiger partial charge in [0.15, 0.2) is 0 Å². The molecule has 0 radical (unpaired) electrons. The second-order valence-electron chi connectivity index (χ2n) is 4.78. The van der Waals surface area contributed by atoms with Crippen LogP contribution in [0.5, 0.6) is 17.2 Å². The summed E-state index contributed by atoms with van der Waals surface area (Å²) < 4.78 is 10.9. The molecular formula is C18H16O3. The van der Waals surface area contributed by atoms with Gasteiger partial charge in [0.2, 0.25) is 0 Å². The van der Waals surface area contributed by atoms with Crippen molar-refractivity contribution in [2.45, 2.75) is 0 Å². The molecule has 0 saturated heterocycles. The molecule has 0 aliphatic carbocycles. The molecular weight excluding hydrogens is 264 g/mol. The average Bonchev–Trinajstić information content (AvgIpc) is 2.53. The van der Waals surface area contributed by atoms with Crippen LogP contribution >= 0.6 is 0 Å². The SMILES string of the molecule is COc1cccc(OC)c1-c1ccc2cc(O)ccc2c1. The van der Waals surface area contributed by atoms with Crippen molar-refractivity contribution < 1.29 is 14.6 Å². The lowest BCUT2D eigenvalue weighted by atomic mass is 9.99. The zero-order valence-corrected chi connectivity index (χ0v) is 12.0. The van der Waals surface area contributed by atoms with Crippen molar-refractivity contribution in [3.63, 3.8) is 0 Å². The molecule has 0 fully saturated rings. The van der Waals surface area contributed by atoms with Crippen molar-refractivity contribution in [2.24, 2.45) is 0 Å². The highest BCUT2D eigenvalue weighted by molar-refractivity contribution is 5.90. The highest BCUT2D eigenvalue weighted by atomic mass is 16.5. The Labute approximate surface area is 123 Å². The van der Waals surface area contributed by atoms with E-state index >= 15 is 0 Å². The molecule has 0 heterocycles. The Hall–Kier alpha value is -2.68. The van der Waals surface area contributed by atoms with Gasteiger partial charge in [0.05, 0.1) is 19.8 Å². The lowest BCUT2D eigenvalue weighted by molar-refractivity contribution is 0.397. The predicted octanol–water partition coefficient (Wildman–Crippen LogP) is 4.23. The maximum absolute atomic E-state index is 9.54. The molecule has 3 nitrogen and oxygen atoms in total. The summed E-state index contributed by atoms with van der Waals surface area (Å²) in [4.78, 5) is 0. The maximum Gasteiger partial charge on any atom is 0.130 e. The lowest BCUT2D eigenvalue weighted by Gasteiger charge is -2.13. The summed E-state index contributed by atoms with van der Waals surface area (Å²) in [6, 6.07) is 17.1. The summed E-state index contributed by atoms with van der Waals surface area (Å²) in [5.41, 5.74) is 1.94. The molecule has 106 valence electrons. The molecule has 3 aromatic carbocycles. The number of phenols is 1. The van der Waals surface area contributed by atoms with E-state index < -0.39 is 0 Å². The van der Waals surface area contributed by atoms with Gasteiger partial charge in [0, 0.05) is 0 Å². The van der Waals surface area contributed by atoms with Crippen molar-refractivity contribution >= 4 is 10.8 Å². The molecule has 0 bridgehead atoms. The smallest absolute Gasteiger partial charge is 0.130 e. The van der Waals surface area contributed by atoms with E-state index in [9.17, 15) is 5.11 Å². The molecule has 0 aliphatic heterocycles. The number of methoxy groups -OCH3 is 2. The van der Waals surface area contributed by atoms with E-state index in [4.69, 9.17) is 9.47 Å². The molecule has 3 rings (SSSR count). The molecule has 0 saturated carbocycles. The Balaban J connectivity index is 2.23. The maximum atomic E-state index is 9.54. The fourth-order valence-electron chi connectivity index (χ4n) is 2.52. The van der Waals surface area contributed by atoms with E-state index in [1.807, 2.05) is 36.4 Å². The quantitative estimate of drug-likeness (QED) is 0.780. The first-order valence-electron chi connectivity index (χ1n) is 6.67. The largest absolute Gasteiger partial charge is 0.508 e. The normalized spacial score (nSPS) is 10.6. The van der Waals surface area contributed by atoms with Crippen LogP contribution in [0.1, 0.15) is 0 Å². The van der Waals surface area contributed by atoms with Gasteiger partial charge in [-0.15, -0.1) is 0 Å². The second kappa shape index (κ2) is 5.37. The number of hydrogen-bond donors (Lipinski definition) is 1. The highest BCUT2D eigenvalue weighted by Crippen LogP contribution is 2.39. The van der Waals surface area contributed by atoms with Crippen molar-refractivity contribution in [3.8, 4) is 28.4 Å². The Bertz CT molecular complexity index is 771. The first-order valence-corrected chi connectivity index (χ1v) is 6.67. The van der Waals surface area contributed by atoms with Crippen molar-refractivity contribution in [3.05, 3.63) is 54.6 Å². The van der Waals surface area contributed by atoms with Crippen LogP contribution in [0.25, 0.3) is 21.9 Å². The highest BCUT2D eigenvalue weighted by Gasteiger charge is 2.12. The van der Waals surface area contributed by atoms with Crippen molar-refractivity contribution in [1.82, 2.24) is 0 Å². The summed E-state index contributed by atoms with van der Waals surface area (Å²) in [6.45, 7) is 0. The zero-order chi connectivity index (χ0) is 14.8. The van der Waals surface area contributed by atoms with E-state index in [2.05, 4.69) is 6.07 Å². The average molecular weight is 280 g/mol. The number of rotatable bonds is 3. The first kappa shape index (κ1) is 13.3. The number of benzene rings is 3. The monoisotopic (exact) mass is 280 g/mol. The molecule has 0 spiro atoms. The van der Waals surface area contributed by atoms with Crippen LogP contribution in [-0.2, 0) is 0 Å².